The maximum atomic E-state index is 12.6. The largest absolute Gasteiger partial charge is 0.481 e. The Kier molecular flexibility index (Phi) is 8.06. The molecule has 0 spiro atoms. The number of carboxylic acid groups (broad SMARTS) is 1. The van der Waals surface area contributed by atoms with Gasteiger partial charge in [0.15, 0.2) is 0 Å². The number of carbonyl (C=O) groups excluding carboxylic acids is 2. The van der Waals surface area contributed by atoms with Crippen LogP contribution in [-0.4, -0.2) is 53.0 Å². The van der Waals surface area contributed by atoms with E-state index >= 15 is 0 Å². The number of nitrogens with one attached hydrogen (secondary N) is 2. The molecule has 33 heavy (non-hydrogen) atoms. The summed E-state index contributed by atoms with van der Waals surface area (Å²) in [5.74, 6) is -1.78. The van der Waals surface area contributed by atoms with E-state index in [9.17, 15) is 19.5 Å². The predicted octanol–water partition coefficient (Wildman–Crippen LogP) is 3.03. The minimum absolute atomic E-state index is 0.0814. The summed E-state index contributed by atoms with van der Waals surface area (Å²) >= 11 is 0. The van der Waals surface area contributed by atoms with Gasteiger partial charge in [-0.2, -0.15) is 0 Å². The molecule has 1 aliphatic rings. The molecule has 4 N–H and O–H groups in total. The summed E-state index contributed by atoms with van der Waals surface area (Å²) in [6, 6.07) is 14.3. The van der Waals surface area contributed by atoms with Crippen molar-refractivity contribution in [1.29, 1.82) is 0 Å². The Bertz CT molecular complexity index is 962. The molecule has 8 heteroatoms. The van der Waals surface area contributed by atoms with Gasteiger partial charge in [0, 0.05) is 12.3 Å². The Morgan fingerprint density at radius 2 is 1.58 bits per heavy atom. The van der Waals surface area contributed by atoms with Crippen molar-refractivity contribution >= 4 is 18.0 Å². The molecule has 0 fully saturated rings. The van der Waals surface area contributed by atoms with E-state index in [1.165, 1.54) is 0 Å². The highest BCUT2D eigenvalue weighted by molar-refractivity contribution is 5.86. The molecule has 3 atom stereocenters. The molecule has 3 unspecified atom stereocenters. The number of carboxylic acids is 1. The van der Waals surface area contributed by atoms with Gasteiger partial charge in [-0.15, -0.1) is 0 Å². The Balaban J connectivity index is 1.65. The van der Waals surface area contributed by atoms with Gasteiger partial charge in [-0.25, -0.2) is 4.79 Å². The van der Waals surface area contributed by atoms with Gasteiger partial charge in [-0.1, -0.05) is 55.5 Å². The van der Waals surface area contributed by atoms with Gasteiger partial charge >= 0.3 is 12.1 Å². The average molecular weight is 455 g/mol. The first-order valence-corrected chi connectivity index (χ1v) is 11.1. The quantitative estimate of drug-likeness (QED) is 0.437. The zero-order valence-electron chi connectivity index (χ0n) is 18.8. The fourth-order valence-corrected chi connectivity index (χ4v) is 4.09. The van der Waals surface area contributed by atoms with Gasteiger partial charge in [0.2, 0.25) is 5.91 Å². The van der Waals surface area contributed by atoms with Crippen LogP contribution in [0.1, 0.15) is 50.2 Å². The van der Waals surface area contributed by atoms with Gasteiger partial charge in [-0.05, 0) is 42.0 Å². The number of alkyl carbamates (subject to hydrolysis) is 1. The zero-order chi connectivity index (χ0) is 24.0. The second-order valence-corrected chi connectivity index (χ2v) is 8.23. The van der Waals surface area contributed by atoms with E-state index < -0.39 is 36.2 Å². The molecule has 176 valence electrons. The smallest absolute Gasteiger partial charge is 0.407 e. The van der Waals surface area contributed by atoms with Crippen molar-refractivity contribution in [3.8, 4) is 11.1 Å². The molecule has 0 heterocycles. The van der Waals surface area contributed by atoms with Crippen molar-refractivity contribution in [1.82, 2.24) is 10.6 Å². The molecule has 0 saturated heterocycles. The fourth-order valence-electron chi connectivity index (χ4n) is 4.09. The third-order valence-corrected chi connectivity index (χ3v) is 5.96. The van der Waals surface area contributed by atoms with E-state index in [2.05, 4.69) is 10.6 Å². The summed E-state index contributed by atoms with van der Waals surface area (Å²) in [7, 11) is 0. The van der Waals surface area contributed by atoms with Crippen LogP contribution in [0.3, 0.4) is 0 Å². The normalized spacial score (nSPS) is 15.0. The number of aliphatic hydroxyl groups is 1. The molecule has 2 amide bonds. The second-order valence-electron chi connectivity index (χ2n) is 8.23. The van der Waals surface area contributed by atoms with Gasteiger partial charge in [-0.3, -0.25) is 9.59 Å². The average Bonchev–Trinajstić information content (AvgIpc) is 3.13. The third-order valence-electron chi connectivity index (χ3n) is 5.96. The molecule has 2 aromatic rings. The van der Waals surface area contributed by atoms with Crippen LogP contribution in [0.2, 0.25) is 0 Å². The Labute approximate surface area is 193 Å². The Morgan fingerprint density at radius 3 is 2.12 bits per heavy atom. The molecule has 0 bridgehead atoms. The van der Waals surface area contributed by atoms with E-state index in [4.69, 9.17) is 9.84 Å². The molecule has 1 aliphatic carbocycles. The number of hydrogen-bond donors (Lipinski definition) is 4. The number of ether oxygens (including phenoxy) is 1. The molecule has 0 aromatic heterocycles. The van der Waals surface area contributed by atoms with Gasteiger partial charge in [0.25, 0.3) is 0 Å². The summed E-state index contributed by atoms with van der Waals surface area (Å²) in [6.45, 7) is 3.51. The predicted molar refractivity (Wildman–Crippen MR) is 123 cm³/mol. The van der Waals surface area contributed by atoms with Gasteiger partial charge < -0.3 is 25.6 Å². The molecular formula is C25H30N2O6. The number of fused-ring (bicyclic) bond motifs is 3. The first-order valence-electron chi connectivity index (χ1n) is 11.1. The van der Waals surface area contributed by atoms with Crippen molar-refractivity contribution in [3.63, 3.8) is 0 Å². The summed E-state index contributed by atoms with van der Waals surface area (Å²) in [5, 5.41) is 24.0. The second kappa shape index (κ2) is 11.0. The highest BCUT2D eigenvalue weighted by Gasteiger charge is 2.30. The van der Waals surface area contributed by atoms with Crippen molar-refractivity contribution in [2.75, 3.05) is 6.61 Å². The number of rotatable bonds is 10. The van der Waals surface area contributed by atoms with Crippen molar-refractivity contribution in [3.05, 3.63) is 59.7 Å². The van der Waals surface area contributed by atoms with Crippen LogP contribution in [0, 0.1) is 0 Å². The van der Waals surface area contributed by atoms with Crippen LogP contribution in [0.5, 0.6) is 0 Å². The van der Waals surface area contributed by atoms with E-state index in [0.717, 1.165) is 22.3 Å². The van der Waals surface area contributed by atoms with Crippen LogP contribution in [0.4, 0.5) is 4.79 Å². The zero-order valence-corrected chi connectivity index (χ0v) is 18.8. The SMILES string of the molecule is CCC(O)C(C)NC(=O)C(CCC(=O)O)NC(=O)OCC1c2ccccc2-c2ccccc21. The maximum absolute atomic E-state index is 12.6. The van der Waals surface area contributed by atoms with Crippen LogP contribution in [0.15, 0.2) is 48.5 Å². The van der Waals surface area contributed by atoms with E-state index in [1.807, 2.05) is 48.5 Å². The molecule has 2 aromatic carbocycles. The maximum Gasteiger partial charge on any atom is 0.407 e. The number of amides is 2. The summed E-state index contributed by atoms with van der Waals surface area (Å²) < 4.78 is 5.47. The van der Waals surface area contributed by atoms with Crippen molar-refractivity contribution in [2.24, 2.45) is 0 Å². The number of benzene rings is 2. The lowest BCUT2D eigenvalue weighted by atomic mass is 9.98. The van der Waals surface area contributed by atoms with Crippen LogP contribution in [0.25, 0.3) is 11.1 Å². The Morgan fingerprint density at radius 1 is 1.00 bits per heavy atom. The van der Waals surface area contributed by atoms with E-state index in [0.29, 0.717) is 6.42 Å². The summed E-state index contributed by atoms with van der Waals surface area (Å²) in [5.41, 5.74) is 4.33. The number of aliphatic hydroxyl groups excluding tert-OH is 1. The topological polar surface area (TPSA) is 125 Å². The minimum atomic E-state index is -1.09. The Hall–Kier alpha value is -3.39. The van der Waals surface area contributed by atoms with Gasteiger partial charge in [0.05, 0.1) is 12.1 Å². The van der Waals surface area contributed by atoms with Crippen LogP contribution < -0.4 is 10.6 Å². The first-order chi connectivity index (χ1) is 15.8. The lowest BCUT2D eigenvalue weighted by Crippen LogP contribution is -2.51. The summed E-state index contributed by atoms with van der Waals surface area (Å²) in [4.78, 5) is 36.2. The number of carbonyl (C=O) groups is 3. The highest BCUT2D eigenvalue weighted by atomic mass is 16.5. The van der Waals surface area contributed by atoms with Crippen molar-refractivity contribution in [2.45, 2.75) is 57.2 Å². The van der Waals surface area contributed by atoms with E-state index in [-0.39, 0.29) is 25.4 Å². The summed E-state index contributed by atoms with van der Waals surface area (Å²) in [6.07, 6.45) is -1.50. The standard InChI is InChI=1S/C25H30N2O6/c1-3-22(28)15(2)26-24(31)21(12-13-23(29)30)27-25(32)33-14-20-18-10-6-4-8-16(18)17-9-5-7-11-19(17)20/h4-11,15,20-22,28H,3,12-14H2,1-2H3,(H,26,31)(H,27,32)(H,29,30). The molecule has 0 saturated carbocycles. The number of aliphatic carboxylic acids is 1. The third kappa shape index (κ3) is 5.90. The van der Waals surface area contributed by atoms with Gasteiger partial charge in [0.1, 0.15) is 12.6 Å². The molecule has 3 rings (SSSR count). The van der Waals surface area contributed by atoms with Crippen molar-refractivity contribution < 1.29 is 29.3 Å². The molecular weight excluding hydrogens is 424 g/mol. The fraction of sp³-hybridized carbons (Fsp3) is 0.400. The molecule has 0 aliphatic heterocycles. The van der Waals surface area contributed by atoms with Crippen LogP contribution >= 0.6 is 0 Å². The lowest BCUT2D eigenvalue weighted by Gasteiger charge is -2.23. The molecule has 8 nitrogen and oxygen atoms in total. The lowest BCUT2D eigenvalue weighted by molar-refractivity contribution is -0.137. The highest BCUT2D eigenvalue weighted by Crippen LogP contribution is 2.44. The van der Waals surface area contributed by atoms with Crippen LogP contribution in [-0.2, 0) is 14.3 Å². The monoisotopic (exact) mass is 454 g/mol. The minimum Gasteiger partial charge on any atom is -0.481 e. The first kappa shape index (κ1) is 24.3. The number of hydrogen-bond acceptors (Lipinski definition) is 5. The van der Waals surface area contributed by atoms with E-state index in [1.54, 1.807) is 13.8 Å². The molecule has 0 radical (unpaired) electrons.